The van der Waals surface area contributed by atoms with Crippen LogP contribution in [0.1, 0.15) is 0 Å². The second-order valence-electron chi connectivity index (χ2n) is 0.298. The molecule has 0 radical (unpaired) electrons. The number of rotatable bonds is 2. The second kappa shape index (κ2) is 4.73. The van der Waals surface area contributed by atoms with E-state index in [1.807, 2.05) is 5.82 Å². The van der Waals surface area contributed by atoms with E-state index in [1.165, 1.54) is 0 Å². The number of halogens is 1. The van der Waals surface area contributed by atoms with Gasteiger partial charge in [-0.1, -0.05) is 0 Å². The summed E-state index contributed by atoms with van der Waals surface area (Å²) < 4.78 is 7.85. The molecule has 0 aromatic heterocycles. The molecule has 0 bridgehead atoms. The monoisotopic (exact) mass is 162 g/mol. The molecule has 0 aromatic carbocycles. The van der Waals surface area contributed by atoms with Gasteiger partial charge < -0.3 is 0 Å². The van der Waals surface area contributed by atoms with Gasteiger partial charge in [0.2, 0.25) is 0 Å². The van der Waals surface area contributed by atoms with E-state index >= 15 is 0 Å². The summed E-state index contributed by atoms with van der Waals surface area (Å²) >= 11 is 4.67. The molecule has 0 saturated carbocycles. The molecular weight excluding hydrogens is 158 g/mol. The third-order valence-corrected chi connectivity index (χ3v) is 0.754. The first-order valence-electron chi connectivity index (χ1n) is 0.896. The zero-order valence-electron chi connectivity index (χ0n) is 2.60. The summed E-state index contributed by atoms with van der Waals surface area (Å²) in [7, 11) is 0. The SMILES string of the molecule is C[Se]OOCl. The van der Waals surface area contributed by atoms with E-state index in [1.54, 1.807) is 0 Å². The van der Waals surface area contributed by atoms with Crippen molar-refractivity contribution in [2.45, 2.75) is 5.82 Å². The summed E-state index contributed by atoms with van der Waals surface area (Å²) in [5.74, 6) is 1.84. The molecule has 2 nitrogen and oxygen atoms in total. The van der Waals surface area contributed by atoms with Gasteiger partial charge in [-0.25, -0.2) is 0 Å². The molecule has 0 spiro atoms. The van der Waals surface area contributed by atoms with E-state index in [9.17, 15) is 0 Å². The molecule has 0 aromatic rings. The van der Waals surface area contributed by atoms with Gasteiger partial charge in [-0.2, -0.15) is 0 Å². The molecule has 0 fully saturated rings. The summed E-state index contributed by atoms with van der Waals surface area (Å²) in [5, 5.41) is 0. The van der Waals surface area contributed by atoms with Crippen LogP contribution in [0.5, 0.6) is 0 Å². The molecular formula is CH3ClO2Se. The van der Waals surface area contributed by atoms with Crippen LogP contribution in [0.2, 0.25) is 5.82 Å². The van der Waals surface area contributed by atoms with Gasteiger partial charge in [-0.05, 0) is 0 Å². The fourth-order valence-electron chi connectivity index (χ4n) is 0.0257. The Bertz CT molecular complexity index is 17.1. The van der Waals surface area contributed by atoms with Crippen LogP contribution in [-0.2, 0) is 8.41 Å². The molecule has 32 valence electrons. The molecule has 0 aliphatic rings. The molecule has 0 aliphatic heterocycles. The van der Waals surface area contributed by atoms with Crippen molar-refractivity contribution >= 4 is 27.2 Å². The maximum absolute atomic E-state index is 4.60. The van der Waals surface area contributed by atoms with Gasteiger partial charge in [0, 0.05) is 0 Å². The Labute approximate surface area is 42.0 Å². The quantitative estimate of drug-likeness (QED) is 0.338. The van der Waals surface area contributed by atoms with Crippen LogP contribution in [0.4, 0.5) is 0 Å². The minimum absolute atomic E-state index is 0.0712. The molecule has 0 saturated heterocycles. The van der Waals surface area contributed by atoms with E-state index in [0.717, 1.165) is 0 Å². The summed E-state index contributed by atoms with van der Waals surface area (Å²) in [6.07, 6.45) is 0. The zero-order valence-corrected chi connectivity index (χ0v) is 5.07. The fraction of sp³-hybridized carbons (Fsp3) is 1.00. The Morgan fingerprint density at radius 2 is 2.40 bits per heavy atom. The van der Waals surface area contributed by atoms with Crippen molar-refractivity contribution in [3.8, 4) is 0 Å². The molecule has 5 heavy (non-hydrogen) atoms. The topological polar surface area (TPSA) is 18.5 Å². The predicted molar refractivity (Wildman–Crippen MR) is 19.6 cm³/mol. The molecule has 0 aliphatic carbocycles. The van der Waals surface area contributed by atoms with Crippen molar-refractivity contribution in [3.05, 3.63) is 0 Å². The predicted octanol–water partition coefficient (Wildman–Crippen LogP) is 0.756. The van der Waals surface area contributed by atoms with Crippen molar-refractivity contribution < 1.29 is 8.41 Å². The first-order chi connectivity index (χ1) is 2.41. The first-order valence-corrected chi connectivity index (χ1v) is 3.62. The number of hydrogen-bond donors (Lipinski definition) is 0. The van der Waals surface area contributed by atoms with Crippen molar-refractivity contribution in [1.29, 1.82) is 0 Å². The second-order valence-corrected chi connectivity index (χ2v) is 1.41. The van der Waals surface area contributed by atoms with Crippen LogP contribution in [0.15, 0.2) is 0 Å². The zero-order chi connectivity index (χ0) is 4.12. The average Bonchev–Trinajstić information content (AvgIpc) is 1.41. The molecule has 0 atom stereocenters. The molecule has 0 heterocycles. The van der Waals surface area contributed by atoms with E-state index in [-0.39, 0.29) is 15.3 Å². The molecule has 0 N–H and O–H groups in total. The Morgan fingerprint density at radius 3 is 2.40 bits per heavy atom. The molecule has 0 amide bonds. The maximum atomic E-state index is 4.60. The van der Waals surface area contributed by atoms with Gasteiger partial charge >= 0.3 is 41.4 Å². The first kappa shape index (κ1) is 5.73. The summed E-state index contributed by atoms with van der Waals surface area (Å²) in [4.78, 5) is 0. The van der Waals surface area contributed by atoms with Gasteiger partial charge in [0.05, 0.1) is 0 Å². The van der Waals surface area contributed by atoms with Gasteiger partial charge in [0.1, 0.15) is 0 Å². The number of hydrogen-bond acceptors (Lipinski definition) is 2. The van der Waals surface area contributed by atoms with Crippen molar-refractivity contribution in [2.75, 3.05) is 0 Å². The van der Waals surface area contributed by atoms with Gasteiger partial charge in [-0.3, -0.25) is 0 Å². The summed E-state index contributed by atoms with van der Waals surface area (Å²) in [5.41, 5.74) is 0. The van der Waals surface area contributed by atoms with Crippen LogP contribution in [0.25, 0.3) is 0 Å². The van der Waals surface area contributed by atoms with Crippen LogP contribution < -0.4 is 0 Å². The van der Waals surface area contributed by atoms with Crippen molar-refractivity contribution in [2.24, 2.45) is 0 Å². The van der Waals surface area contributed by atoms with Crippen LogP contribution in [0.3, 0.4) is 0 Å². The molecule has 0 unspecified atom stereocenters. The Morgan fingerprint density at radius 1 is 1.80 bits per heavy atom. The van der Waals surface area contributed by atoms with Crippen LogP contribution in [-0.4, -0.2) is 15.3 Å². The van der Waals surface area contributed by atoms with Gasteiger partial charge in [0.15, 0.2) is 0 Å². The van der Waals surface area contributed by atoms with E-state index in [0.29, 0.717) is 0 Å². The van der Waals surface area contributed by atoms with E-state index in [4.69, 9.17) is 0 Å². The third-order valence-electron chi connectivity index (χ3n) is 0.0938. The summed E-state index contributed by atoms with van der Waals surface area (Å²) in [6, 6.07) is 0. The summed E-state index contributed by atoms with van der Waals surface area (Å²) in [6.45, 7) is 0. The minimum atomic E-state index is 0.0712. The third kappa shape index (κ3) is 4.73. The average molecular weight is 161 g/mol. The van der Waals surface area contributed by atoms with Gasteiger partial charge in [-0.15, -0.1) is 0 Å². The van der Waals surface area contributed by atoms with E-state index < -0.39 is 0 Å². The van der Waals surface area contributed by atoms with Gasteiger partial charge in [0.25, 0.3) is 0 Å². The van der Waals surface area contributed by atoms with Crippen molar-refractivity contribution in [1.82, 2.24) is 0 Å². The Hall–Kier alpha value is 0.729. The van der Waals surface area contributed by atoms with E-state index in [2.05, 4.69) is 20.3 Å². The molecule has 4 heteroatoms. The molecule has 0 rings (SSSR count). The Balaban J connectivity index is 2.19. The standard InChI is InChI=1S/CH3ClO2Se/c1-5-4-3-2/h1H3. The van der Waals surface area contributed by atoms with Crippen molar-refractivity contribution in [3.63, 3.8) is 0 Å². The van der Waals surface area contributed by atoms with Crippen LogP contribution in [0, 0.1) is 0 Å². The fourth-order valence-corrected chi connectivity index (χ4v) is 0.401. The van der Waals surface area contributed by atoms with Crippen LogP contribution >= 0.6 is 11.9 Å². The normalized spacial score (nSPS) is 8.40. The Kier molecular flexibility index (Phi) is 5.42.